The second-order valence-corrected chi connectivity index (χ2v) is 5.13. The zero-order valence-electron chi connectivity index (χ0n) is 9.99. The van der Waals surface area contributed by atoms with E-state index in [1.807, 2.05) is 0 Å². The molecule has 2 N–H and O–H groups in total. The summed E-state index contributed by atoms with van der Waals surface area (Å²) in [5.74, 6) is -0.00795. The van der Waals surface area contributed by atoms with Crippen molar-refractivity contribution in [2.75, 3.05) is 26.2 Å². The van der Waals surface area contributed by atoms with Gasteiger partial charge in [0.05, 0.1) is 6.61 Å². The Morgan fingerprint density at radius 3 is 3.24 bits per heavy atom. The molecule has 5 heteroatoms. The summed E-state index contributed by atoms with van der Waals surface area (Å²) in [7, 11) is 0. The van der Waals surface area contributed by atoms with Crippen molar-refractivity contribution in [3.8, 4) is 0 Å². The van der Waals surface area contributed by atoms with Crippen molar-refractivity contribution < 1.29 is 9.53 Å². The predicted molar refractivity (Wildman–Crippen MR) is 68.4 cm³/mol. The van der Waals surface area contributed by atoms with E-state index in [4.69, 9.17) is 4.74 Å². The summed E-state index contributed by atoms with van der Waals surface area (Å²) in [5, 5.41) is 8.15. The lowest BCUT2D eigenvalue weighted by Crippen LogP contribution is -2.48. The molecule has 1 aromatic heterocycles. The highest BCUT2D eigenvalue weighted by Gasteiger charge is 2.20. The van der Waals surface area contributed by atoms with Crippen molar-refractivity contribution in [3.05, 3.63) is 21.9 Å². The molecule has 2 heterocycles. The minimum absolute atomic E-state index is 0.00795. The van der Waals surface area contributed by atoms with Crippen molar-refractivity contribution in [2.45, 2.75) is 19.4 Å². The Labute approximate surface area is 105 Å². The second kappa shape index (κ2) is 6.14. The number of amides is 1. The molecule has 1 fully saturated rings. The van der Waals surface area contributed by atoms with Gasteiger partial charge in [0.15, 0.2) is 0 Å². The molecule has 0 radical (unpaired) electrons. The minimum atomic E-state index is -0.326. The first-order valence-electron chi connectivity index (χ1n) is 5.90. The molecule has 1 amide bonds. The van der Waals surface area contributed by atoms with E-state index in [9.17, 15) is 4.79 Å². The SMILES string of the molecule is Cc1ccsc1CCNC(=O)C1CNCCO1. The summed E-state index contributed by atoms with van der Waals surface area (Å²) in [4.78, 5) is 13.1. The Bertz CT molecular complexity index is 372. The number of hydrogen-bond donors (Lipinski definition) is 2. The molecule has 0 aromatic carbocycles. The van der Waals surface area contributed by atoms with E-state index in [1.54, 1.807) is 11.3 Å². The number of rotatable bonds is 4. The van der Waals surface area contributed by atoms with Crippen molar-refractivity contribution in [1.82, 2.24) is 10.6 Å². The lowest BCUT2D eigenvalue weighted by Gasteiger charge is -2.22. The fourth-order valence-corrected chi connectivity index (χ4v) is 2.72. The van der Waals surface area contributed by atoms with Gasteiger partial charge in [-0.05, 0) is 30.4 Å². The van der Waals surface area contributed by atoms with Crippen molar-refractivity contribution in [1.29, 1.82) is 0 Å². The molecule has 17 heavy (non-hydrogen) atoms. The molecule has 0 saturated carbocycles. The van der Waals surface area contributed by atoms with E-state index in [1.165, 1.54) is 10.4 Å². The van der Waals surface area contributed by atoms with E-state index < -0.39 is 0 Å². The topological polar surface area (TPSA) is 50.4 Å². The first kappa shape index (κ1) is 12.5. The molecular weight excluding hydrogens is 236 g/mol. The average Bonchev–Trinajstić information content (AvgIpc) is 2.76. The molecule has 0 aliphatic carbocycles. The first-order valence-corrected chi connectivity index (χ1v) is 6.78. The number of morpholine rings is 1. The van der Waals surface area contributed by atoms with Crippen LogP contribution in [0.15, 0.2) is 11.4 Å². The van der Waals surface area contributed by atoms with Crippen LogP contribution in [0.2, 0.25) is 0 Å². The second-order valence-electron chi connectivity index (χ2n) is 4.13. The van der Waals surface area contributed by atoms with Gasteiger partial charge in [-0.2, -0.15) is 0 Å². The highest BCUT2D eigenvalue weighted by atomic mass is 32.1. The molecule has 1 atom stereocenters. The molecule has 0 spiro atoms. The Morgan fingerprint density at radius 1 is 1.71 bits per heavy atom. The fraction of sp³-hybridized carbons (Fsp3) is 0.583. The first-order chi connectivity index (χ1) is 8.27. The van der Waals surface area contributed by atoms with Gasteiger partial charge in [0, 0.05) is 24.5 Å². The predicted octanol–water partition coefficient (Wildman–Crippen LogP) is 0.704. The standard InChI is InChI=1S/C12H18N2O2S/c1-9-3-7-17-11(9)2-4-14-12(15)10-8-13-5-6-16-10/h3,7,10,13H,2,4-6,8H2,1H3,(H,14,15). The third-order valence-corrected chi connectivity index (χ3v) is 3.92. The Balaban J connectivity index is 1.71. The number of thiophene rings is 1. The van der Waals surface area contributed by atoms with Gasteiger partial charge in [0.2, 0.25) is 5.91 Å². The molecule has 1 aliphatic heterocycles. The zero-order chi connectivity index (χ0) is 12.1. The maximum Gasteiger partial charge on any atom is 0.250 e. The highest BCUT2D eigenvalue weighted by Crippen LogP contribution is 2.15. The third-order valence-electron chi connectivity index (χ3n) is 2.84. The smallest absolute Gasteiger partial charge is 0.250 e. The van der Waals surface area contributed by atoms with Gasteiger partial charge in [0.1, 0.15) is 6.10 Å². The molecule has 1 unspecified atom stereocenters. The summed E-state index contributed by atoms with van der Waals surface area (Å²) in [6.45, 7) is 4.84. The lowest BCUT2D eigenvalue weighted by molar-refractivity contribution is -0.134. The summed E-state index contributed by atoms with van der Waals surface area (Å²) in [5.41, 5.74) is 1.31. The lowest BCUT2D eigenvalue weighted by atomic mass is 10.2. The van der Waals surface area contributed by atoms with Crippen LogP contribution in [0.3, 0.4) is 0 Å². The molecular formula is C12H18N2O2S. The van der Waals surface area contributed by atoms with Crippen molar-refractivity contribution >= 4 is 17.2 Å². The van der Waals surface area contributed by atoms with E-state index in [2.05, 4.69) is 29.0 Å². The minimum Gasteiger partial charge on any atom is -0.366 e. The van der Waals surface area contributed by atoms with E-state index in [0.717, 1.165) is 13.0 Å². The van der Waals surface area contributed by atoms with Crippen LogP contribution in [0.1, 0.15) is 10.4 Å². The van der Waals surface area contributed by atoms with E-state index in [0.29, 0.717) is 19.7 Å². The average molecular weight is 254 g/mol. The van der Waals surface area contributed by atoms with Crippen molar-refractivity contribution in [2.24, 2.45) is 0 Å². The van der Waals surface area contributed by atoms with Gasteiger partial charge in [-0.15, -0.1) is 11.3 Å². The molecule has 1 aliphatic rings. The maximum atomic E-state index is 11.7. The Hall–Kier alpha value is -0.910. The van der Waals surface area contributed by atoms with Crippen molar-refractivity contribution in [3.63, 3.8) is 0 Å². The van der Waals surface area contributed by atoms with Gasteiger partial charge < -0.3 is 15.4 Å². The van der Waals surface area contributed by atoms with Gasteiger partial charge in [-0.3, -0.25) is 4.79 Å². The largest absolute Gasteiger partial charge is 0.366 e. The van der Waals surface area contributed by atoms with Gasteiger partial charge in [-0.1, -0.05) is 0 Å². The number of hydrogen-bond acceptors (Lipinski definition) is 4. The monoisotopic (exact) mass is 254 g/mol. The molecule has 94 valence electrons. The van der Waals surface area contributed by atoms with E-state index >= 15 is 0 Å². The van der Waals surface area contributed by atoms with Crippen LogP contribution in [0.5, 0.6) is 0 Å². The van der Waals surface area contributed by atoms with Crippen LogP contribution in [-0.2, 0) is 16.0 Å². The number of nitrogens with one attached hydrogen (secondary N) is 2. The van der Waals surface area contributed by atoms with Crippen LogP contribution in [0.25, 0.3) is 0 Å². The van der Waals surface area contributed by atoms with Crippen LogP contribution in [0, 0.1) is 6.92 Å². The number of carbonyl (C=O) groups is 1. The van der Waals surface area contributed by atoms with Crippen LogP contribution < -0.4 is 10.6 Å². The molecule has 4 nitrogen and oxygen atoms in total. The molecule has 1 aromatic rings. The quantitative estimate of drug-likeness (QED) is 0.832. The van der Waals surface area contributed by atoms with Gasteiger partial charge >= 0.3 is 0 Å². The number of carbonyl (C=O) groups excluding carboxylic acids is 1. The van der Waals surface area contributed by atoms with Crippen LogP contribution >= 0.6 is 11.3 Å². The third kappa shape index (κ3) is 3.52. The number of ether oxygens (including phenoxy) is 1. The summed E-state index contributed by atoms with van der Waals surface area (Å²) < 4.78 is 5.38. The van der Waals surface area contributed by atoms with Crippen LogP contribution in [-0.4, -0.2) is 38.3 Å². The molecule has 0 bridgehead atoms. The Kier molecular flexibility index (Phi) is 4.53. The highest BCUT2D eigenvalue weighted by molar-refractivity contribution is 7.10. The zero-order valence-corrected chi connectivity index (χ0v) is 10.8. The maximum absolute atomic E-state index is 11.7. The molecule has 1 saturated heterocycles. The Morgan fingerprint density at radius 2 is 2.59 bits per heavy atom. The summed E-state index contributed by atoms with van der Waals surface area (Å²) >= 11 is 1.74. The molecule has 2 rings (SSSR count). The summed E-state index contributed by atoms with van der Waals surface area (Å²) in [6, 6.07) is 2.11. The number of aryl methyl sites for hydroxylation is 1. The van der Waals surface area contributed by atoms with Gasteiger partial charge in [0.25, 0.3) is 0 Å². The fourth-order valence-electron chi connectivity index (χ4n) is 1.81. The van der Waals surface area contributed by atoms with E-state index in [-0.39, 0.29) is 12.0 Å². The van der Waals surface area contributed by atoms with Gasteiger partial charge in [-0.25, -0.2) is 0 Å². The normalized spacial score (nSPS) is 20.2. The van der Waals surface area contributed by atoms with Crippen LogP contribution in [0.4, 0.5) is 0 Å². The summed E-state index contributed by atoms with van der Waals surface area (Å²) in [6.07, 6.45) is 0.572.